The maximum atomic E-state index is 13.1. The second-order valence-electron chi connectivity index (χ2n) is 5.46. The van der Waals surface area contributed by atoms with E-state index in [2.05, 4.69) is 22.3 Å². The van der Waals surface area contributed by atoms with Crippen LogP contribution < -0.4 is 4.74 Å². The van der Waals surface area contributed by atoms with Crippen molar-refractivity contribution in [3.63, 3.8) is 0 Å². The van der Waals surface area contributed by atoms with Gasteiger partial charge in [-0.15, -0.1) is 0 Å². The third-order valence-corrected chi connectivity index (χ3v) is 4.21. The fraction of sp³-hybridized carbons (Fsp3) is 0.167. The first-order chi connectivity index (χ1) is 10.8. The normalized spacial score (nSPS) is 12.6. The van der Waals surface area contributed by atoms with Crippen molar-refractivity contribution in [1.82, 2.24) is 10.2 Å². The number of aryl methyl sites for hydroxylation is 1. The lowest BCUT2D eigenvalue weighted by atomic mass is 9.88. The van der Waals surface area contributed by atoms with E-state index in [1.807, 2.05) is 6.07 Å². The first kappa shape index (κ1) is 13.1. The molecule has 1 aliphatic rings. The molecule has 110 valence electrons. The van der Waals surface area contributed by atoms with Crippen molar-refractivity contribution in [2.75, 3.05) is 7.11 Å². The van der Waals surface area contributed by atoms with Gasteiger partial charge < -0.3 is 4.74 Å². The maximum Gasteiger partial charge on any atom is 0.123 e. The lowest BCUT2D eigenvalue weighted by Gasteiger charge is -2.17. The van der Waals surface area contributed by atoms with Gasteiger partial charge in [-0.05, 0) is 60.9 Å². The van der Waals surface area contributed by atoms with Gasteiger partial charge in [0.25, 0.3) is 0 Å². The Labute approximate surface area is 127 Å². The van der Waals surface area contributed by atoms with Crippen LogP contribution in [-0.2, 0) is 12.8 Å². The molecular formula is C18H15FN2O. The Morgan fingerprint density at radius 1 is 1.09 bits per heavy atom. The minimum absolute atomic E-state index is 0.231. The molecule has 0 fully saturated rings. The molecule has 2 aromatic carbocycles. The van der Waals surface area contributed by atoms with E-state index in [9.17, 15) is 4.39 Å². The number of nitrogens with one attached hydrogen (secondary N) is 1. The van der Waals surface area contributed by atoms with Crippen LogP contribution in [0.5, 0.6) is 5.75 Å². The molecule has 0 saturated carbocycles. The summed E-state index contributed by atoms with van der Waals surface area (Å²) in [5, 5.41) is 7.61. The summed E-state index contributed by atoms with van der Waals surface area (Å²) in [5.41, 5.74) is 6.55. The monoisotopic (exact) mass is 294 g/mol. The maximum absolute atomic E-state index is 13.1. The number of rotatable bonds is 2. The third-order valence-electron chi connectivity index (χ3n) is 4.21. The number of ether oxygens (including phenoxy) is 1. The molecule has 1 N–H and O–H groups in total. The second-order valence-corrected chi connectivity index (χ2v) is 5.46. The fourth-order valence-electron chi connectivity index (χ4n) is 3.09. The van der Waals surface area contributed by atoms with E-state index in [0.29, 0.717) is 0 Å². The van der Waals surface area contributed by atoms with Crippen molar-refractivity contribution < 1.29 is 9.13 Å². The molecule has 0 unspecified atom stereocenters. The van der Waals surface area contributed by atoms with E-state index in [1.165, 1.54) is 28.8 Å². The Bertz CT molecular complexity index is 837. The van der Waals surface area contributed by atoms with Crippen molar-refractivity contribution in [3.05, 3.63) is 59.4 Å². The topological polar surface area (TPSA) is 37.9 Å². The predicted octanol–water partition coefficient (Wildman–Crippen LogP) is 3.99. The Morgan fingerprint density at radius 2 is 1.91 bits per heavy atom. The zero-order valence-corrected chi connectivity index (χ0v) is 12.2. The summed E-state index contributed by atoms with van der Waals surface area (Å²) >= 11 is 0. The van der Waals surface area contributed by atoms with Crippen LogP contribution in [0.4, 0.5) is 4.39 Å². The van der Waals surface area contributed by atoms with Crippen LogP contribution in [0.3, 0.4) is 0 Å². The minimum atomic E-state index is -0.231. The van der Waals surface area contributed by atoms with E-state index >= 15 is 0 Å². The van der Waals surface area contributed by atoms with Gasteiger partial charge in [-0.25, -0.2) is 4.39 Å². The fourth-order valence-corrected chi connectivity index (χ4v) is 3.09. The molecule has 22 heavy (non-hydrogen) atoms. The first-order valence-corrected chi connectivity index (χ1v) is 7.27. The lowest BCUT2D eigenvalue weighted by molar-refractivity contribution is 0.414. The molecule has 0 atom stereocenters. The van der Waals surface area contributed by atoms with Gasteiger partial charge in [0.05, 0.1) is 18.5 Å². The van der Waals surface area contributed by atoms with Gasteiger partial charge in [0.2, 0.25) is 0 Å². The van der Waals surface area contributed by atoms with Crippen molar-refractivity contribution in [2.24, 2.45) is 0 Å². The van der Waals surface area contributed by atoms with Gasteiger partial charge in [0, 0.05) is 16.7 Å². The van der Waals surface area contributed by atoms with Crippen LogP contribution in [0.1, 0.15) is 11.1 Å². The van der Waals surface area contributed by atoms with Crippen molar-refractivity contribution in [2.45, 2.75) is 12.8 Å². The van der Waals surface area contributed by atoms with Crippen LogP contribution in [-0.4, -0.2) is 17.3 Å². The molecular weight excluding hydrogens is 279 g/mol. The summed E-state index contributed by atoms with van der Waals surface area (Å²) in [4.78, 5) is 0. The SMILES string of the molecule is COc1ccc2c(c1)CCc1c(-c3ccc(F)cc3)n[nH]c1-2. The number of benzene rings is 2. The first-order valence-electron chi connectivity index (χ1n) is 7.27. The largest absolute Gasteiger partial charge is 0.497 e. The molecule has 4 heteroatoms. The summed E-state index contributed by atoms with van der Waals surface area (Å²) in [5.74, 6) is 0.645. The Balaban J connectivity index is 1.82. The number of hydrogen-bond acceptors (Lipinski definition) is 2. The van der Waals surface area contributed by atoms with Crippen LogP contribution in [0.25, 0.3) is 22.5 Å². The molecule has 1 aliphatic carbocycles. The van der Waals surface area contributed by atoms with Gasteiger partial charge in [0.15, 0.2) is 0 Å². The number of hydrogen-bond donors (Lipinski definition) is 1. The molecule has 1 aromatic heterocycles. The van der Waals surface area contributed by atoms with Gasteiger partial charge in [-0.1, -0.05) is 0 Å². The highest BCUT2D eigenvalue weighted by Gasteiger charge is 2.22. The minimum Gasteiger partial charge on any atom is -0.497 e. The number of aromatic amines is 1. The zero-order chi connectivity index (χ0) is 15.1. The number of methoxy groups -OCH3 is 1. The van der Waals surface area contributed by atoms with Crippen LogP contribution in [0.15, 0.2) is 42.5 Å². The third kappa shape index (κ3) is 1.99. The van der Waals surface area contributed by atoms with Gasteiger partial charge >= 0.3 is 0 Å². The highest BCUT2D eigenvalue weighted by Crippen LogP contribution is 2.38. The van der Waals surface area contributed by atoms with Crippen molar-refractivity contribution >= 4 is 0 Å². The highest BCUT2D eigenvalue weighted by atomic mass is 19.1. The van der Waals surface area contributed by atoms with E-state index in [1.54, 1.807) is 19.2 Å². The van der Waals surface area contributed by atoms with Crippen molar-refractivity contribution in [1.29, 1.82) is 0 Å². The quantitative estimate of drug-likeness (QED) is 0.776. The smallest absolute Gasteiger partial charge is 0.123 e. The average molecular weight is 294 g/mol. The van der Waals surface area contributed by atoms with Gasteiger partial charge in [-0.3, -0.25) is 5.10 Å². The van der Waals surface area contributed by atoms with E-state index in [0.717, 1.165) is 35.5 Å². The second kappa shape index (κ2) is 4.98. The molecule has 0 amide bonds. The number of nitrogens with zero attached hydrogens (tertiary/aromatic N) is 1. The Hall–Kier alpha value is -2.62. The number of fused-ring (bicyclic) bond motifs is 3. The van der Waals surface area contributed by atoms with E-state index in [4.69, 9.17) is 4.74 Å². The summed E-state index contributed by atoms with van der Waals surface area (Å²) < 4.78 is 18.4. The Morgan fingerprint density at radius 3 is 2.68 bits per heavy atom. The molecule has 0 aliphatic heterocycles. The van der Waals surface area contributed by atoms with Crippen LogP contribution in [0.2, 0.25) is 0 Å². The summed E-state index contributed by atoms with van der Waals surface area (Å²) in [6, 6.07) is 12.6. The summed E-state index contributed by atoms with van der Waals surface area (Å²) in [6.45, 7) is 0. The van der Waals surface area contributed by atoms with Gasteiger partial charge in [0.1, 0.15) is 11.6 Å². The molecule has 0 spiro atoms. The van der Waals surface area contributed by atoms with Crippen molar-refractivity contribution in [3.8, 4) is 28.3 Å². The average Bonchev–Trinajstić information content (AvgIpc) is 2.99. The standard InChI is InChI=1S/C18H15FN2O/c1-22-14-7-9-15-12(10-14)4-8-16-17(20-21-18(15)16)11-2-5-13(19)6-3-11/h2-3,5-7,9-10H,4,8H2,1H3,(H,20,21). The highest BCUT2D eigenvalue weighted by molar-refractivity contribution is 5.78. The summed E-state index contributed by atoms with van der Waals surface area (Å²) in [7, 11) is 1.68. The molecule has 3 aromatic rings. The molecule has 0 bridgehead atoms. The number of aromatic nitrogens is 2. The lowest BCUT2D eigenvalue weighted by Crippen LogP contribution is -2.03. The van der Waals surface area contributed by atoms with E-state index < -0.39 is 0 Å². The summed E-state index contributed by atoms with van der Waals surface area (Å²) in [6.07, 6.45) is 1.87. The number of H-pyrrole nitrogens is 1. The van der Waals surface area contributed by atoms with E-state index in [-0.39, 0.29) is 5.82 Å². The molecule has 4 rings (SSSR count). The zero-order valence-electron chi connectivity index (χ0n) is 12.2. The Kier molecular flexibility index (Phi) is 2.96. The molecule has 0 radical (unpaired) electrons. The van der Waals surface area contributed by atoms with Crippen LogP contribution >= 0.6 is 0 Å². The number of halogens is 1. The van der Waals surface area contributed by atoms with Gasteiger partial charge in [-0.2, -0.15) is 5.10 Å². The molecule has 0 saturated heterocycles. The molecule has 3 nitrogen and oxygen atoms in total. The predicted molar refractivity (Wildman–Crippen MR) is 83.4 cm³/mol. The van der Waals surface area contributed by atoms with Crippen LogP contribution in [0, 0.1) is 5.82 Å². The molecule has 1 heterocycles.